The highest BCUT2D eigenvalue weighted by Crippen LogP contribution is 2.45. The van der Waals surface area contributed by atoms with Crippen LogP contribution in [0, 0.1) is 17.9 Å². The third-order valence-corrected chi connectivity index (χ3v) is 10.7. The molecule has 1 aliphatic heterocycles. The fourth-order valence-electron chi connectivity index (χ4n) is 5.70. The van der Waals surface area contributed by atoms with Gasteiger partial charge in [-0.15, -0.1) is 11.3 Å². The van der Waals surface area contributed by atoms with Crippen LogP contribution in [0.2, 0.25) is 5.02 Å². The number of hydrogen-bond donors (Lipinski definition) is 4. The number of hydrogen-bond acceptors (Lipinski definition) is 12. The molecule has 1 amide bonds. The number of guanidine groups is 1. The van der Waals surface area contributed by atoms with Crippen molar-refractivity contribution in [1.82, 2.24) is 15.3 Å². The summed E-state index contributed by atoms with van der Waals surface area (Å²) in [5, 5.41) is 17.1. The molecule has 5 rings (SSSR count). The number of ether oxygens (including phenoxy) is 2. The van der Waals surface area contributed by atoms with Crippen molar-refractivity contribution in [3.8, 4) is 33.5 Å². The second kappa shape index (κ2) is 19.8. The first-order valence-corrected chi connectivity index (χ1v) is 19.8. The van der Waals surface area contributed by atoms with E-state index in [2.05, 4.69) is 26.1 Å². The molecular weight excluding hydrogens is 760 g/mol. The van der Waals surface area contributed by atoms with Gasteiger partial charge in [0.25, 0.3) is 0 Å². The summed E-state index contributed by atoms with van der Waals surface area (Å²) in [5.41, 5.74) is 20.2. The molecule has 1 aliphatic rings. The summed E-state index contributed by atoms with van der Waals surface area (Å²) in [6.45, 7) is 11.6. The van der Waals surface area contributed by atoms with Crippen LogP contribution < -0.4 is 32.2 Å². The molecule has 0 radical (unpaired) electrons. The Bertz CT molecular complexity index is 2070. The average molecular weight is 801 g/mol. The van der Waals surface area contributed by atoms with Crippen molar-refractivity contribution < 1.29 is 19.1 Å². The number of halogens is 1. The molecule has 4 aromatic rings. The van der Waals surface area contributed by atoms with Crippen LogP contribution in [0.5, 0.6) is 5.75 Å². The molecule has 0 saturated carbocycles. The summed E-state index contributed by atoms with van der Waals surface area (Å²) in [7, 11) is 0. The number of amides is 1. The minimum Gasteiger partial charge on any atom is -0.490 e. The number of carbonyl (C=O) groups excluding carboxylic acids is 2. The van der Waals surface area contributed by atoms with Crippen LogP contribution in [0.4, 0.5) is 11.5 Å². The highest BCUT2D eigenvalue weighted by molar-refractivity contribution is 7.98. The monoisotopic (exact) mass is 800 g/mol. The SMILES string of the molecule is [C-]#[N+]c1c(N2CCCC2)nc(SCc2csc(-c3ccc(Cl)cc3)n2)c(C#N)c1-c1ccc(OCCOC(=O)[C@H](C)NC(=O)[C@@H](N)CCCN=C(N)N)cc1. The number of thiazole rings is 1. The maximum absolute atomic E-state index is 12.5. The number of benzene rings is 2. The van der Waals surface area contributed by atoms with Crippen LogP contribution in [0.3, 0.4) is 0 Å². The van der Waals surface area contributed by atoms with Gasteiger partial charge in [-0.05, 0) is 62.4 Å². The van der Waals surface area contributed by atoms with E-state index in [1.807, 2.05) is 29.6 Å². The van der Waals surface area contributed by atoms with Gasteiger partial charge in [-0.2, -0.15) is 5.26 Å². The lowest BCUT2D eigenvalue weighted by atomic mass is 9.99. The Kier molecular flexibility index (Phi) is 14.7. The molecule has 14 nitrogen and oxygen atoms in total. The van der Waals surface area contributed by atoms with E-state index in [-0.39, 0.29) is 19.2 Å². The molecule has 0 aliphatic carbocycles. The molecule has 2 atom stereocenters. The largest absolute Gasteiger partial charge is 0.490 e. The number of esters is 1. The molecule has 2 aromatic carbocycles. The molecule has 2 aromatic heterocycles. The van der Waals surface area contributed by atoms with Crippen LogP contribution in [0.25, 0.3) is 26.5 Å². The van der Waals surface area contributed by atoms with Gasteiger partial charge < -0.3 is 36.9 Å². The standard InChI is InChI=1S/C38H41ClN10O4S2/c1-23(46-34(50)30(41)6-5-15-45-38(42)43)37(51)53-19-18-52-28-13-9-24(10-14-28)31-29(20-40)36(48-33(32(31)44-2)49-16-3-4-17-49)55-22-27-21-54-35(47-27)25-7-11-26(39)12-8-25/h7-14,21,23,30H,3-6,15-19,22,41H2,1H3,(H,46,50)(H4,42,43,45)/t23-,30-/m0/s1. The maximum Gasteiger partial charge on any atom is 0.328 e. The lowest BCUT2D eigenvalue weighted by molar-refractivity contribution is -0.148. The van der Waals surface area contributed by atoms with E-state index < -0.39 is 24.0 Å². The van der Waals surface area contributed by atoms with Gasteiger partial charge in [-0.25, -0.2) is 19.6 Å². The van der Waals surface area contributed by atoms with E-state index in [4.69, 9.17) is 54.8 Å². The number of nitrogens with two attached hydrogens (primary N) is 3. The fraction of sp³-hybridized carbons (Fsp3) is 0.342. The van der Waals surface area contributed by atoms with Crippen molar-refractivity contribution in [3.05, 3.63) is 81.6 Å². The van der Waals surface area contributed by atoms with Crippen molar-refractivity contribution in [2.24, 2.45) is 22.2 Å². The molecule has 0 spiro atoms. The highest BCUT2D eigenvalue weighted by atomic mass is 35.5. The van der Waals surface area contributed by atoms with Crippen LogP contribution in [-0.4, -0.2) is 72.7 Å². The first kappa shape index (κ1) is 40.8. The molecule has 286 valence electrons. The first-order valence-electron chi connectivity index (χ1n) is 17.5. The Labute approximate surface area is 332 Å². The number of thioether (sulfide) groups is 1. The maximum atomic E-state index is 12.5. The van der Waals surface area contributed by atoms with Crippen LogP contribution >= 0.6 is 34.7 Å². The molecule has 17 heteroatoms. The van der Waals surface area contributed by atoms with Gasteiger partial charge in [0, 0.05) is 46.9 Å². The first-order chi connectivity index (χ1) is 26.6. The molecule has 3 heterocycles. The van der Waals surface area contributed by atoms with E-state index in [1.54, 1.807) is 24.3 Å². The van der Waals surface area contributed by atoms with Gasteiger partial charge in [0.1, 0.15) is 46.9 Å². The van der Waals surface area contributed by atoms with E-state index in [1.165, 1.54) is 30.0 Å². The number of nitrogens with one attached hydrogen (secondary N) is 1. The molecule has 1 saturated heterocycles. The smallest absolute Gasteiger partial charge is 0.328 e. The summed E-state index contributed by atoms with van der Waals surface area (Å²) in [5.74, 6) is 0.407. The van der Waals surface area contributed by atoms with Gasteiger partial charge in [-0.1, -0.05) is 47.6 Å². The number of carbonyl (C=O) groups is 2. The van der Waals surface area contributed by atoms with Crippen molar-refractivity contribution in [2.75, 3.05) is 37.7 Å². The minimum absolute atomic E-state index is 0.0331. The summed E-state index contributed by atoms with van der Waals surface area (Å²) in [6, 6.07) is 15.2. The normalized spacial score (nSPS) is 13.3. The van der Waals surface area contributed by atoms with Gasteiger partial charge in [0.2, 0.25) is 11.6 Å². The Morgan fingerprint density at radius 2 is 1.84 bits per heavy atom. The highest BCUT2D eigenvalue weighted by Gasteiger charge is 2.27. The number of aliphatic imine (C=N–C) groups is 1. The zero-order valence-corrected chi connectivity index (χ0v) is 32.6. The number of nitriles is 1. The number of anilines is 1. The van der Waals surface area contributed by atoms with Gasteiger partial charge in [-0.3, -0.25) is 9.79 Å². The second-order valence-corrected chi connectivity index (χ2v) is 14.8. The Hall–Kier alpha value is -5.39. The van der Waals surface area contributed by atoms with Gasteiger partial charge in [0.15, 0.2) is 5.96 Å². The van der Waals surface area contributed by atoms with Crippen molar-refractivity contribution in [2.45, 2.75) is 55.5 Å². The zero-order valence-electron chi connectivity index (χ0n) is 30.2. The predicted octanol–water partition coefficient (Wildman–Crippen LogP) is 5.65. The Morgan fingerprint density at radius 3 is 2.51 bits per heavy atom. The molecule has 1 fully saturated rings. The van der Waals surface area contributed by atoms with Crippen molar-refractivity contribution in [1.29, 1.82) is 5.26 Å². The van der Waals surface area contributed by atoms with Crippen LogP contribution in [0.1, 0.15) is 43.9 Å². The third-order valence-electron chi connectivity index (χ3n) is 8.50. The summed E-state index contributed by atoms with van der Waals surface area (Å²) in [6.07, 6.45) is 2.84. The second-order valence-electron chi connectivity index (χ2n) is 12.5. The lowest BCUT2D eigenvalue weighted by Crippen LogP contribution is -2.47. The quantitative estimate of drug-likeness (QED) is 0.0255. The zero-order chi connectivity index (χ0) is 39.3. The van der Waals surface area contributed by atoms with Crippen LogP contribution in [-0.2, 0) is 20.1 Å². The Morgan fingerprint density at radius 1 is 1.13 bits per heavy atom. The molecule has 55 heavy (non-hydrogen) atoms. The third kappa shape index (κ3) is 11.1. The van der Waals surface area contributed by atoms with Gasteiger partial charge in [0.05, 0.1) is 23.9 Å². The Balaban J connectivity index is 1.23. The van der Waals surface area contributed by atoms with E-state index in [9.17, 15) is 14.9 Å². The molecular formula is C38H41ClN10O4S2. The van der Waals surface area contributed by atoms with Crippen molar-refractivity contribution in [3.63, 3.8) is 0 Å². The number of rotatable bonds is 17. The average Bonchev–Trinajstić information content (AvgIpc) is 3.90. The molecule has 0 unspecified atom stereocenters. The van der Waals surface area contributed by atoms with Crippen molar-refractivity contribution >= 4 is 64.0 Å². The predicted molar refractivity (Wildman–Crippen MR) is 216 cm³/mol. The molecule has 7 N–H and O–H groups in total. The van der Waals surface area contributed by atoms with E-state index in [0.717, 1.165) is 42.2 Å². The van der Waals surface area contributed by atoms with Gasteiger partial charge >= 0.3 is 5.97 Å². The van der Waals surface area contributed by atoms with Crippen LogP contribution in [0.15, 0.2) is 63.9 Å². The summed E-state index contributed by atoms with van der Waals surface area (Å²) < 4.78 is 11.1. The summed E-state index contributed by atoms with van der Waals surface area (Å²) in [4.78, 5) is 44.4. The molecule has 0 bridgehead atoms. The van der Waals surface area contributed by atoms with E-state index >= 15 is 0 Å². The van der Waals surface area contributed by atoms with E-state index in [0.29, 0.717) is 69.1 Å². The lowest BCUT2D eigenvalue weighted by Gasteiger charge is -2.22. The topological polar surface area (TPSA) is 212 Å². The number of aromatic nitrogens is 2. The number of pyridine rings is 1. The summed E-state index contributed by atoms with van der Waals surface area (Å²) >= 11 is 9.02. The number of nitrogens with zero attached hydrogens (tertiary/aromatic N) is 6. The minimum atomic E-state index is -0.913. The fourth-order valence-corrected chi connectivity index (χ4v) is 7.63.